The number of hydrogen-bond donors (Lipinski definition) is 2. The highest BCUT2D eigenvalue weighted by Crippen LogP contribution is 2.39. The van der Waals surface area contributed by atoms with Crippen molar-refractivity contribution in [2.75, 3.05) is 25.1 Å². The Morgan fingerprint density at radius 1 is 1.00 bits per heavy atom. The molecule has 0 fully saturated rings. The van der Waals surface area contributed by atoms with Gasteiger partial charge in [-0.3, -0.25) is 10.1 Å². The third-order valence-electron chi connectivity index (χ3n) is 5.14. The Balaban J connectivity index is 1.50. The third kappa shape index (κ3) is 5.97. The average Bonchev–Trinajstić information content (AvgIpc) is 3.47. The monoisotopic (exact) mass is 540 g/mol. The summed E-state index contributed by atoms with van der Waals surface area (Å²) in [6.07, 6.45) is 0.742. The molecule has 4 aromatic rings. The fourth-order valence-electron chi connectivity index (χ4n) is 3.58. The van der Waals surface area contributed by atoms with Gasteiger partial charge < -0.3 is 19.5 Å². The molecular formula is C25H28N6O4S2. The van der Waals surface area contributed by atoms with Crippen molar-refractivity contribution in [3.05, 3.63) is 47.8 Å². The quantitative estimate of drug-likeness (QED) is 0.276. The van der Waals surface area contributed by atoms with E-state index in [0.29, 0.717) is 48.3 Å². The lowest BCUT2D eigenvalue weighted by Gasteiger charge is -2.17. The van der Waals surface area contributed by atoms with Crippen LogP contribution in [0.3, 0.4) is 0 Å². The molecule has 12 heteroatoms. The van der Waals surface area contributed by atoms with Crippen LogP contribution in [0, 0.1) is 0 Å². The Bertz CT molecular complexity index is 1390. The number of anilines is 1. The predicted molar refractivity (Wildman–Crippen MR) is 147 cm³/mol. The molecule has 194 valence electrons. The summed E-state index contributed by atoms with van der Waals surface area (Å²) in [5, 5.41) is 19.7. The van der Waals surface area contributed by atoms with Gasteiger partial charge in [0.05, 0.1) is 19.8 Å². The number of amides is 1. The second-order valence-electron chi connectivity index (χ2n) is 7.66. The summed E-state index contributed by atoms with van der Waals surface area (Å²) in [6, 6.07) is 10.8. The lowest BCUT2D eigenvalue weighted by Crippen LogP contribution is -2.34. The Kier molecular flexibility index (Phi) is 8.51. The summed E-state index contributed by atoms with van der Waals surface area (Å²) in [4.78, 5) is 13.8. The Morgan fingerprint density at radius 2 is 1.70 bits per heavy atom. The van der Waals surface area contributed by atoms with Crippen LogP contribution >= 0.6 is 23.6 Å². The number of nitrogens with one attached hydrogen (secondary N) is 2. The predicted octanol–water partition coefficient (Wildman–Crippen LogP) is 4.74. The standard InChI is InChI=1S/C25H28N6O4S2/c1-5-20-28-29-25-31(20)30-23(37-25)15-10-9-11-17(12-15)26-24(36)27-22(32)16-13-18(33-6-2)21(35-8-4)19(14-16)34-7-3/h9-14H,5-8H2,1-4H3,(H2,26,27,32,36). The van der Waals surface area contributed by atoms with Crippen LogP contribution in [-0.4, -0.2) is 50.7 Å². The minimum absolute atomic E-state index is 0.151. The van der Waals surface area contributed by atoms with Crippen LogP contribution in [0.25, 0.3) is 15.5 Å². The van der Waals surface area contributed by atoms with E-state index in [1.807, 2.05) is 52.0 Å². The lowest BCUT2D eigenvalue weighted by molar-refractivity contribution is 0.0976. The van der Waals surface area contributed by atoms with E-state index in [-0.39, 0.29) is 5.11 Å². The van der Waals surface area contributed by atoms with Crippen molar-refractivity contribution >= 4 is 45.2 Å². The van der Waals surface area contributed by atoms with Crippen molar-refractivity contribution in [2.45, 2.75) is 34.1 Å². The SMILES string of the molecule is CCOc1cc(C(=O)NC(=S)Nc2cccc(-c3nn4c(CC)nnc4s3)c2)cc(OCC)c1OCC. The van der Waals surface area contributed by atoms with Gasteiger partial charge in [0, 0.05) is 23.2 Å². The molecule has 1 amide bonds. The topological polar surface area (TPSA) is 112 Å². The maximum absolute atomic E-state index is 13.0. The molecule has 4 rings (SSSR count). The second-order valence-corrected chi connectivity index (χ2v) is 9.03. The van der Waals surface area contributed by atoms with Crippen LogP contribution in [-0.2, 0) is 6.42 Å². The molecule has 37 heavy (non-hydrogen) atoms. The molecule has 2 N–H and O–H groups in total. The number of carbonyl (C=O) groups is 1. The minimum atomic E-state index is -0.403. The summed E-state index contributed by atoms with van der Waals surface area (Å²) in [7, 11) is 0. The van der Waals surface area contributed by atoms with Gasteiger partial charge in [0.15, 0.2) is 22.4 Å². The molecule has 0 saturated heterocycles. The Hall–Kier alpha value is -3.77. The number of hydrogen-bond acceptors (Lipinski definition) is 9. The molecule has 0 aliphatic rings. The summed E-state index contributed by atoms with van der Waals surface area (Å²) < 4.78 is 18.9. The molecule has 0 spiro atoms. The summed E-state index contributed by atoms with van der Waals surface area (Å²) in [5.74, 6) is 1.74. The van der Waals surface area contributed by atoms with Crippen molar-refractivity contribution in [3.8, 4) is 27.8 Å². The van der Waals surface area contributed by atoms with E-state index in [2.05, 4.69) is 25.9 Å². The number of aromatic nitrogens is 4. The number of aryl methyl sites for hydroxylation is 1. The zero-order valence-corrected chi connectivity index (χ0v) is 22.7. The highest BCUT2D eigenvalue weighted by atomic mass is 32.1. The van der Waals surface area contributed by atoms with E-state index in [1.165, 1.54) is 11.3 Å². The summed E-state index contributed by atoms with van der Waals surface area (Å²) in [6.45, 7) is 8.86. The molecule has 2 aromatic heterocycles. The van der Waals surface area contributed by atoms with E-state index in [0.717, 1.165) is 27.8 Å². The molecule has 0 atom stereocenters. The molecule has 2 aromatic carbocycles. The van der Waals surface area contributed by atoms with E-state index in [9.17, 15) is 4.79 Å². The van der Waals surface area contributed by atoms with Crippen LogP contribution < -0.4 is 24.8 Å². The number of rotatable bonds is 10. The number of thiocarbonyl (C=S) groups is 1. The van der Waals surface area contributed by atoms with E-state index >= 15 is 0 Å². The van der Waals surface area contributed by atoms with Crippen molar-refractivity contribution in [3.63, 3.8) is 0 Å². The number of fused-ring (bicyclic) bond motifs is 1. The van der Waals surface area contributed by atoms with Gasteiger partial charge in [-0.25, -0.2) is 0 Å². The number of ether oxygens (including phenoxy) is 3. The lowest BCUT2D eigenvalue weighted by atomic mass is 10.1. The van der Waals surface area contributed by atoms with Gasteiger partial charge in [-0.15, -0.1) is 10.2 Å². The Labute approximate surface area is 224 Å². The molecule has 0 saturated carbocycles. The Morgan fingerprint density at radius 3 is 2.35 bits per heavy atom. The maximum atomic E-state index is 13.0. The van der Waals surface area contributed by atoms with Crippen LogP contribution in [0.5, 0.6) is 17.2 Å². The fourth-order valence-corrected chi connectivity index (χ4v) is 4.65. The first-order valence-electron chi connectivity index (χ1n) is 12.0. The zero-order valence-electron chi connectivity index (χ0n) is 21.0. The largest absolute Gasteiger partial charge is 0.490 e. The normalized spacial score (nSPS) is 10.8. The van der Waals surface area contributed by atoms with Crippen LogP contribution in [0.2, 0.25) is 0 Å². The first-order valence-corrected chi connectivity index (χ1v) is 13.2. The molecule has 0 radical (unpaired) electrons. The molecule has 10 nitrogen and oxygen atoms in total. The zero-order chi connectivity index (χ0) is 26.4. The van der Waals surface area contributed by atoms with Gasteiger partial charge in [-0.2, -0.15) is 9.61 Å². The second kappa shape index (κ2) is 12.0. The summed E-state index contributed by atoms with van der Waals surface area (Å²) in [5.41, 5.74) is 1.94. The van der Waals surface area contributed by atoms with Crippen molar-refractivity contribution in [2.24, 2.45) is 0 Å². The minimum Gasteiger partial charge on any atom is -0.490 e. The number of nitrogens with zero attached hydrogens (tertiary/aromatic N) is 4. The summed E-state index contributed by atoms with van der Waals surface area (Å²) >= 11 is 6.86. The molecule has 0 aliphatic carbocycles. The van der Waals surface area contributed by atoms with Gasteiger partial charge in [-0.05, 0) is 57.3 Å². The van der Waals surface area contributed by atoms with Gasteiger partial charge in [0.25, 0.3) is 5.91 Å². The highest BCUT2D eigenvalue weighted by Gasteiger charge is 2.19. The smallest absolute Gasteiger partial charge is 0.257 e. The van der Waals surface area contributed by atoms with Crippen molar-refractivity contribution < 1.29 is 19.0 Å². The highest BCUT2D eigenvalue weighted by molar-refractivity contribution is 7.80. The maximum Gasteiger partial charge on any atom is 0.257 e. The van der Waals surface area contributed by atoms with Crippen LogP contribution in [0.1, 0.15) is 43.9 Å². The third-order valence-corrected chi connectivity index (χ3v) is 6.29. The van der Waals surface area contributed by atoms with Crippen molar-refractivity contribution in [1.29, 1.82) is 0 Å². The van der Waals surface area contributed by atoms with Gasteiger partial charge in [0.1, 0.15) is 5.01 Å². The van der Waals surface area contributed by atoms with Gasteiger partial charge in [0.2, 0.25) is 10.7 Å². The van der Waals surface area contributed by atoms with Gasteiger partial charge >= 0.3 is 0 Å². The number of benzene rings is 2. The first-order chi connectivity index (χ1) is 18.0. The molecule has 0 unspecified atom stereocenters. The van der Waals surface area contributed by atoms with Crippen LogP contribution in [0.4, 0.5) is 5.69 Å². The van der Waals surface area contributed by atoms with Crippen molar-refractivity contribution in [1.82, 2.24) is 25.1 Å². The average molecular weight is 541 g/mol. The molecule has 0 aliphatic heterocycles. The molecular weight excluding hydrogens is 512 g/mol. The van der Waals surface area contributed by atoms with E-state index in [1.54, 1.807) is 16.6 Å². The van der Waals surface area contributed by atoms with E-state index in [4.69, 9.17) is 26.4 Å². The van der Waals surface area contributed by atoms with E-state index < -0.39 is 5.91 Å². The number of carbonyl (C=O) groups excluding carboxylic acids is 1. The molecule has 2 heterocycles. The fraction of sp³-hybridized carbons (Fsp3) is 0.320. The van der Waals surface area contributed by atoms with Gasteiger partial charge in [-0.1, -0.05) is 30.4 Å². The first kappa shape index (κ1) is 26.3. The molecule has 0 bridgehead atoms. The van der Waals surface area contributed by atoms with Crippen LogP contribution in [0.15, 0.2) is 36.4 Å².